The molecule has 4 aromatic rings. The molecule has 0 atom stereocenters. The van der Waals surface area contributed by atoms with Gasteiger partial charge in [-0.25, -0.2) is 9.59 Å². The molecule has 4 aromatic carbocycles. The molecule has 310 valence electrons. The first-order valence-electron chi connectivity index (χ1n) is 18.6. The second-order valence-corrected chi connectivity index (χ2v) is 14.0. The Bertz CT molecular complexity index is 1940. The number of ether oxygens (including phenoxy) is 2. The van der Waals surface area contributed by atoms with Crippen LogP contribution < -0.4 is 69.7 Å². The Kier molecular flexibility index (Phi) is 23.2. The van der Waals surface area contributed by atoms with E-state index in [4.69, 9.17) is 41.3 Å². The van der Waals surface area contributed by atoms with Crippen LogP contribution in [-0.2, 0) is 28.7 Å². The fourth-order valence-electron chi connectivity index (χ4n) is 7.65. The van der Waals surface area contributed by atoms with E-state index in [0.717, 1.165) is 25.9 Å². The smallest absolute Gasteiger partial charge is 1.00 e. The van der Waals surface area contributed by atoms with Gasteiger partial charge in [0.1, 0.15) is 13.2 Å². The van der Waals surface area contributed by atoms with Crippen molar-refractivity contribution in [3.63, 3.8) is 0 Å². The third-order valence-corrected chi connectivity index (χ3v) is 10.6. The monoisotopic (exact) mass is 862 g/mol. The molecule has 8 rings (SSSR count). The Balaban J connectivity index is 0.000000463. The number of aliphatic carboxylic acids is 2. The van der Waals surface area contributed by atoms with Crippen molar-refractivity contribution in [3.05, 3.63) is 119 Å². The van der Waals surface area contributed by atoms with Gasteiger partial charge in [-0.2, -0.15) is 0 Å². The summed E-state index contributed by atoms with van der Waals surface area (Å²) in [5.74, 6) is -1.74. The largest absolute Gasteiger partial charge is 1.00 e. The molecule has 4 aliphatic rings. The summed E-state index contributed by atoms with van der Waals surface area (Å²) < 4.78 is 10.6. The molecule has 0 saturated carbocycles. The fraction of sp³-hybridized carbons (Fsp3) is 0.341. The van der Waals surface area contributed by atoms with E-state index in [0.29, 0.717) is 32.5 Å². The van der Waals surface area contributed by atoms with Gasteiger partial charge in [0.2, 0.25) is 0 Å². The molecule has 2 heterocycles. The van der Waals surface area contributed by atoms with Gasteiger partial charge in [-0.05, 0) is 83.3 Å². The summed E-state index contributed by atoms with van der Waals surface area (Å²) in [6, 6.07) is 32.8. The van der Waals surface area contributed by atoms with Crippen LogP contribution in [0.5, 0.6) is 0 Å². The maximum absolute atomic E-state index is 12.4. The molecular weight excluding hydrogens is 814 g/mol. The minimum Gasteiger partial charge on any atom is -1.00 e. The maximum Gasteiger partial charge on any atom is 1.00 e. The van der Waals surface area contributed by atoms with Crippen molar-refractivity contribution in [2.75, 3.05) is 39.4 Å². The van der Waals surface area contributed by atoms with E-state index < -0.39 is 17.4 Å². The number of hydrogen-bond donors (Lipinski definition) is 3. The van der Waals surface area contributed by atoms with Crippen molar-refractivity contribution < 1.29 is 114 Å². The first-order valence-corrected chi connectivity index (χ1v) is 19.0. The SMILES string of the molecule is C.O=C(Cl)OCC1c2ccccc2-c2ccccc21.O=C(O)C1CCN(C(=O)OCC2c3ccccc3-c3ccccc32)CC1.O=C(O)C1CCNCC1.O=CO[O-].[H-].[Na+].[Na+]. The van der Waals surface area contributed by atoms with Crippen LogP contribution in [0.25, 0.3) is 22.3 Å². The standard InChI is InChI=1S/C21H21NO4.C15H11ClO2.C6H11NO2.CH2O3.CH4.2Na.H/c23-20(24)14-9-11-22(12-10-14)21(25)26-13-19-17-7-3-1-5-15(17)16-6-2-4-8-18(16)19;16-15(17)18-9-14-12-7-3-1-5-10(12)11-6-2-4-8-13(11)14;8-6(9)5-1-3-7-4-2-5;2-1-4-3;;;;/h1-8,14,19H,9-13H2,(H,23,24);1-8,14H,9H2;5,7H,1-4H2,(H,8,9);1,3H;1H4;;;/q;;;;;2*+1;-1/p-1. The first kappa shape index (κ1) is 52.4. The average molecular weight is 863 g/mol. The third kappa shape index (κ3) is 13.9. The Labute approximate surface area is 400 Å². The van der Waals surface area contributed by atoms with E-state index in [-0.39, 0.29) is 111 Å². The first-order chi connectivity index (χ1) is 27.6. The number of rotatable bonds is 7. The fourth-order valence-corrected chi connectivity index (χ4v) is 7.71. The molecule has 2 fully saturated rings. The number of benzene rings is 4. The Hall–Kier alpha value is -3.76. The summed E-state index contributed by atoms with van der Waals surface area (Å²) in [4.78, 5) is 57.4. The van der Waals surface area contributed by atoms with Crippen LogP contribution in [0.4, 0.5) is 9.59 Å². The van der Waals surface area contributed by atoms with Gasteiger partial charge in [-0.3, -0.25) is 14.4 Å². The zero-order chi connectivity index (χ0) is 40.7. The summed E-state index contributed by atoms with van der Waals surface area (Å²) >= 11 is 5.25. The molecule has 0 radical (unpaired) electrons. The molecule has 1 amide bonds. The van der Waals surface area contributed by atoms with Crippen LogP contribution in [-0.4, -0.2) is 84.4 Å². The number of carbonyl (C=O) groups is 5. The van der Waals surface area contributed by atoms with E-state index in [1.54, 1.807) is 4.90 Å². The number of piperidine rings is 2. The molecule has 13 nitrogen and oxygen atoms in total. The topological polar surface area (TPSA) is 192 Å². The van der Waals surface area contributed by atoms with Gasteiger partial charge in [-0.15, -0.1) is 0 Å². The molecule has 0 bridgehead atoms. The number of carboxylic acid groups (broad SMARTS) is 2. The van der Waals surface area contributed by atoms with Gasteiger partial charge in [-0.1, -0.05) is 104 Å². The molecular formula is C44H49ClN2Na2O11. The minimum absolute atomic E-state index is 0. The van der Waals surface area contributed by atoms with Crippen LogP contribution in [0.15, 0.2) is 97.1 Å². The van der Waals surface area contributed by atoms with Crippen LogP contribution in [0.1, 0.15) is 68.6 Å². The molecule has 0 aromatic heterocycles. The van der Waals surface area contributed by atoms with E-state index in [1.165, 1.54) is 44.5 Å². The zero-order valence-corrected chi connectivity index (χ0v) is 37.8. The Morgan fingerprint density at radius 2 is 1.00 bits per heavy atom. The van der Waals surface area contributed by atoms with Gasteiger partial charge in [0.25, 0.3) is 6.47 Å². The molecule has 60 heavy (non-hydrogen) atoms. The van der Waals surface area contributed by atoms with Gasteiger partial charge >= 0.3 is 82.6 Å². The predicted octanol–water partition coefficient (Wildman–Crippen LogP) is 1.17. The van der Waals surface area contributed by atoms with Crippen LogP contribution in [0.3, 0.4) is 0 Å². The maximum atomic E-state index is 12.4. The molecule has 3 N–H and O–H groups in total. The molecule has 2 aliphatic carbocycles. The van der Waals surface area contributed by atoms with Crippen molar-refractivity contribution in [1.82, 2.24) is 10.2 Å². The number of likely N-dealkylation sites (tertiary alicyclic amines) is 1. The number of carboxylic acids is 2. The van der Waals surface area contributed by atoms with E-state index >= 15 is 0 Å². The van der Waals surface area contributed by atoms with Crippen molar-refractivity contribution in [2.45, 2.75) is 44.9 Å². The van der Waals surface area contributed by atoms with Crippen molar-refractivity contribution in [3.8, 4) is 22.3 Å². The second kappa shape index (κ2) is 26.5. The average Bonchev–Trinajstić information content (AvgIpc) is 3.75. The predicted molar refractivity (Wildman–Crippen MR) is 216 cm³/mol. The minimum atomic E-state index is -0.780. The molecule has 0 spiro atoms. The van der Waals surface area contributed by atoms with E-state index in [9.17, 15) is 19.2 Å². The normalized spacial score (nSPS) is 14.8. The zero-order valence-electron chi connectivity index (χ0n) is 34.1. The number of nitrogens with zero attached hydrogens (tertiary/aromatic N) is 1. The molecule has 0 unspecified atom stereocenters. The van der Waals surface area contributed by atoms with Crippen LogP contribution in [0, 0.1) is 11.8 Å². The molecule has 2 saturated heterocycles. The van der Waals surface area contributed by atoms with Gasteiger partial charge in [0.15, 0.2) is 0 Å². The summed E-state index contributed by atoms with van der Waals surface area (Å²) in [6.07, 6.45) is 2.19. The number of fused-ring (bicyclic) bond motifs is 6. The van der Waals surface area contributed by atoms with Crippen molar-refractivity contribution in [2.24, 2.45) is 11.8 Å². The number of hydrogen-bond acceptors (Lipinski definition) is 10. The number of amides is 1. The van der Waals surface area contributed by atoms with Crippen LogP contribution >= 0.6 is 11.6 Å². The number of carbonyl (C=O) groups excluding carboxylic acids is 3. The Morgan fingerprint density at radius 1 is 0.667 bits per heavy atom. The summed E-state index contributed by atoms with van der Waals surface area (Å²) in [7, 11) is 0. The van der Waals surface area contributed by atoms with Crippen LogP contribution in [0.2, 0.25) is 0 Å². The van der Waals surface area contributed by atoms with Gasteiger partial charge in [0.05, 0.1) is 11.8 Å². The number of halogens is 1. The summed E-state index contributed by atoms with van der Waals surface area (Å²) in [6.45, 7) is 3.00. The van der Waals surface area contributed by atoms with E-state index in [2.05, 4.69) is 58.7 Å². The quantitative estimate of drug-likeness (QED) is 0.0792. The Morgan fingerprint density at radius 3 is 1.32 bits per heavy atom. The van der Waals surface area contributed by atoms with Gasteiger partial charge < -0.3 is 41.5 Å². The van der Waals surface area contributed by atoms with Gasteiger partial charge in [0, 0.05) is 36.5 Å². The molecule has 2 aliphatic heterocycles. The van der Waals surface area contributed by atoms with E-state index in [1.807, 2.05) is 48.5 Å². The number of nitrogens with one attached hydrogen (secondary N) is 1. The summed E-state index contributed by atoms with van der Waals surface area (Å²) in [5.41, 5.74) is 8.83. The second-order valence-electron chi connectivity index (χ2n) is 13.7. The van der Waals surface area contributed by atoms with Crippen molar-refractivity contribution >= 4 is 41.5 Å². The third-order valence-electron chi connectivity index (χ3n) is 10.5. The summed E-state index contributed by atoms with van der Waals surface area (Å²) in [5, 5.41) is 29.1. The molecule has 16 heteroatoms. The van der Waals surface area contributed by atoms with Crippen molar-refractivity contribution in [1.29, 1.82) is 0 Å².